The molecule has 0 spiro atoms. The second-order valence-electron chi connectivity index (χ2n) is 4.27. The van der Waals surface area contributed by atoms with Crippen molar-refractivity contribution in [2.75, 3.05) is 7.11 Å². The Morgan fingerprint density at radius 1 is 1.11 bits per heavy atom. The normalized spacial score (nSPS) is 12.3. The zero-order chi connectivity index (χ0) is 14.0. The average molecular weight is 388 g/mol. The number of benzene rings is 2. The summed E-state index contributed by atoms with van der Waals surface area (Å²) < 4.78 is 19.7. The lowest BCUT2D eigenvalue weighted by Gasteiger charge is -2.16. The summed E-state index contributed by atoms with van der Waals surface area (Å²) in [6, 6.07) is 10.6. The van der Waals surface area contributed by atoms with E-state index in [4.69, 9.17) is 4.74 Å². The fourth-order valence-corrected chi connectivity index (χ4v) is 3.45. The lowest BCUT2D eigenvalue weighted by molar-refractivity contribution is 0.409. The number of ether oxygens (including phenoxy) is 1. The summed E-state index contributed by atoms with van der Waals surface area (Å²) in [5.41, 5.74) is 2.97. The van der Waals surface area contributed by atoms with Crippen LogP contribution in [0.25, 0.3) is 0 Å². The molecule has 0 amide bonds. The largest absolute Gasteiger partial charge is 0.496 e. The molecule has 1 nitrogen and oxygen atoms in total. The predicted molar refractivity (Wildman–Crippen MR) is 82.6 cm³/mol. The van der Waals surface area contributed by atoms with Crippen molar-refractivity contribution in [1.29, 1.82) is 0 Å². The first-order valence-corrected chi connectivity index (χ1v) is 7.47. The van der Waals surface area contributed by atoms with Gasteiger partial charge >= 0.3 is 0 Å². The van der Waals surface area contributed by atoms with Crippen molar-refractivity contribution in [3.63, 3.8) is 0 Å². The Hall–Kier alpha value is -0.870. The molecule has 0 heterocycles. The van der Waals surface area contributed by atoms with Gasteiger partial charge in [0, 0.05) is 10.0 Å². The van der Waals surface area contributed by atoms with Crippen LogP contribution in [0.2, 0.25) is 0 Å². The third-order valence-electron chi connectivity index (χ3n) is 2.89. The molecule has 0 aliphatic carbocycles. The molecule has 2 aromatic rings. The molecule has 0 radical (unpaired) electrons. The molecular weight excluding hydrogens is 375 g/mol. The number of alkyl halides is 1. The predicted octanol–water partition coefficient (Wildman–Crippen LogP) is 5.39. The third-order valence-corrected chi connectivity index (χ3v) is 4.60. The maximum atomic E-state index is 13.5. The van der Waals surface area contributed by atoms with Gasteiger partial charge < -0.3 is 4.74 Å². The first-order valence-electron chi connectivity index (χ1n) is 5.76. The Balaban J connectivity index is 2.51. The summed E-state index contributed by atoms with van der Waals surface area (Å²) in [6.07, 6.45) is 0. The van der Waals surface area contributed by atoms with E-state index >= 15 is 0 Å². The van der Waals surface area contributed by atoms with E-state index in [0.717, 1.165) is 21.2 Å². The second kappa shape index (κ2) is 6.06. The Morgan fingerprint density at radius 2 is 1.84 bits per heavy atom. The fourth-order valence-electron chi connectivity index (χ4n) is 1.93. The molecule has 2 aromatic carbocycles. The first-order chi connectivity index (χ1) is 9.02. The van der Waals surface area contributed by atoms with E-state index in [9.17, 15) is 4.39 Å². The molecule has 0 aliphatic rings. The van der Waals surface area contributed by atoms with Crippen LogP contribution in [0.1, 0.15) is 21.5 Å². The summed E-state index contributed by atoms with van der Waals surface area (Å²) in [6.45, 7) is 2.03. The van der Waals surface area contributed by atoms with Gasteiger partial charge in [-0.3, -0.25) is 0 Å². The van der Waals surface area contributed by atoms with E-state index in [-0.39, 0.29) is 10.6 Å². The number of hydrogen-bond acceptors (Lipinski definition) is 1. The van der Waals surface area contributed by atoms with E-state index in [1.807, 2.05) is 19.1 Å². The van der Waals surface area contributed by atoms with Gasteiger partial charge in [-0.1, -0.05) is 49.6 Å². The van der Waals surface area contributed by atoms with Crippen molar-refractivity contribution in [3.05, 3.63) is 63.4 Å². The third kappa shape index (κ3) is 3.18. The average Bonchev–Trinajstić information content (AvgIpc) is 2.40. The monoisotopic (exact) mass is 386 g/mol. The number of halogens is 3. The van der Waals surface area contributed by atoms with Crippen LogP contribution in [0.15, 0.2) is 40.9 Å². The van der Waals surface area contributed by atoms with Gasteiger partial charge in [0.05, 0.1) is 11.9 Å². The molecule has 4 heteroatoms. The molecular formula is C15H13Br2FO. The van der Waals surface area contributed by atoms with Gasteiger partial charge in [0.15, 0.2) is 0 Å². The second-order valence-corrected chi connectivity index (χ2v) is 6.04. The van der Waals surface area contributed by atoms with Gasteiger partial charge in [0.2, 0.25) is 0 Å². The highest BCUT2D eigenvalue weighted by Crippen LogP contribution is 2.40. The number of aryl methyl sites for hydroxylation is 1. The standard InChI is InChI=1S/C15H13Br2FO/c1-9-3-5-13(16)11(7-9)15(17)12-8-10(18)4-6-14(12)19-2/h3-8,15H,1-2H3. The fraction of sp³-hybridized carbons (Fsp3) is 0.200. The Morgan fingerprint density at radius 3 is 2.53 bits per heavy atom. The summed E-state index contributed by atoms with van der Waals surface area (Å²) >= 11 is 7.16. The van der Waals surface area contributed by atoms with E-state index < -0.39 is 0 Å². The van der Waals surface area contributed by atoms with Crippen LogP contribution < -0.4 is 4.74 Å². The molecule has 19 heavy (non-hydrogen) atoms. The summed E-state index contributed by atoms with van der Waals surface area (Å²) in [4.78, 5) is -0.132. The van der Waals surface area contributed by atoms with Crippen LogP contribution in [0.4, 0.5) is 4.39 Å². The minimum atomic E-state index is -0.274. The minimum absolute atomic E-state index is 0.132. The summed E-state index contributed by atoms with van der Waals surface area (Å²) in [5, 5.41) is 0. The molecule has 0 saturated heterocycles. The lowest BCUT2D eigenvalue weighted by atomic mass is 10.0. The Bertz CT molecular complexity index is 599. The van der Waals surface area contributed by atoms with Crippen LogP contribution in [-0.2, 0) is 0 Å². The van der Waals surface area contributed by atoms with E-state index in [1.165, 1.54) is 12.1 Å². The summed E-state index contributed by atoms with van der Waals surface area (Å²) in [5.74, 6) is 0.390. The van der Waals surface area contributed by atoms with Crippen molar-refractivity contribution in [2.24, 2.45) is 0 Å². The lowest BCUT2D eigenvalue weighted by Crippen LogP contribution is -1.99. The number of hydrogen-bond donors (Lipinski definition) is 0. The van der Waals surface area contributed by atoms with E-state index in [0.29, 0.717) is 5.75 Å². The van der Waals surface area contributed by atoms with Crippen molar-refractivity contribution in [3.8, 4) is 5.75 Å². The van der Waals surface area contributed by atoms with Gasteiger partial charge in [0.1, 0.15) is 11.6 Å². The summed E-state index contributed by atoms with van der Waals surface area (Å²) in [7, 11) is 1.59. The van der Waals surface area contributed by atoms with Crippen LogP contribution >= 0.6 is 31.9 Å². The minimum Gasteiger partial charge on any atom is -0.496 e. The number of methoxy groups -OCH3 is 1. The van der Waals surface area contributed by atoms with Crippen LogP contribution in [0.3, 0.4) is 0 Å². The van der Waals surface area contributed by atoms with Crippen molar-refractivity contribution in [2.45, 2.75) is 11.8 Å². The highest BCUT2D eigenvalue weighted by atomic mass is 79.9. The highest BCUT2D eigenvalue weighted by Gasteiger charge is 2.18. The molecule has 100 valence electrons. The zero-order valence-corrected chi connectivity index (χ0v) is 13.8. The van der Waals surface area contributed by atoms with Crippen LogP contribution in [0.5, 0.6) is 5.75 Å². The molecule has 1 atom stereocenters. The maximum absolute atomic E-state index is 13.5. The molecule has 0 N–H and O–H groups in total. The van der Waals surface area contributed by atoms with Gasteiger partial charge in [0.25, 0.3) is 0 Å². The highest BCUT2D eigenvalue weighted by molar-refractivity contribution is 9.11. The van der Waals surface area contributed by atoms with Gasteiger partial charge in [-0.25, -0.2) is 4.39 Å². The van der Waals surface area contributed by atoms with Crippen molar-refractivity contribution in [1.82, 2.24) is 0 Å². The molecule has 0 aliphatic heterocycles. The quantitative estimate of drug-likeness (QED) is 0.641. The van der Waals surface area contributed by atoms with E-state index in [1.54, 1.807) is 13.2 Å². The SMILES string of the molecule is COc1ccc(F)cc1C(Br)c1cc(C)ccc1Br. The van der Waals surface area contributed by atoms with Gasteiger partial charge in [-0.15, -0.1) is 0 Å². The zero-order valence-electron chi connectivity index (χ0n) is 10.6. The topological polar surface area (TPSA) is 9.23 Å². The molecule has 0 fully saturated rings. The Labute approximate surface area is 129 Å². The van der Waals surface area contributed by atoms with Gasteiger partial charge in [-0.05, 0) is 36.8 Å². The first kappa shape index (κ1) is 14.5. The van der Waals surface area contributed by atoms with Crippen LogP contribution in [0, 0.1) is 12.7 Å². The smallest absolute Gasteiger partial charge is 0.123 e. The maximum Gasteiger partial charge on any atom is 0.123 e. The van der Waals surface area contributed by atoms with Crippen molar-refractivity contribution >= 4 is 31.9 Å². The number of rotatable bonds is 3. The molecule has 1 unspecified atom stereocenters. The van der Waals surface area contributed by atoms with E-state index in [2.05, 4.69) is 37.9 Å². The van der Waals surface area contributed by atoms with Gasteiger partial charge in [-0.2, -0.15) is 0 Å². The molecule has 0 aromatic heterocycles. The van der Waals surface area contributed by atoms with Crippen molar-refractivity contribution < 1.29 is 9.13 Å². The molecule has 2 rings (SSSR count). The molecule has 0 saturated carbocycles. The molecule has 0 bridgehead atoms. The Kier molecular flexibility index (Phi) is 4.63. The van der Waals surface area contributed by atoms with Crippen LogP contribution in [-0.4, -0.2) is 7.11 Å².